The second-order valence-corrected chi connectivity index (χ2v) is 6.66. The lowest BCUT2D eigenvalue weighted by Crippen LogP contribution is -2.48. The smallest absolute Gasteiger partial charge is 0.317 e. The standard InChI is InChI=1S/C18H28N2O2/c1-13-8-14(2)10-17(9-13)11-15(3)19-18(22)20-6-4-16(12-21)5-7-20/h8-10,15-16,21H,4-7,11-12H2,1-3H3,(H,19,22). The number of rotatable bonds is 4. The predicted molar refractivity (Wildman–Crippen MR) is 89.0 cm³/mol. The van der Waals surface area contributed by atoms with E-state index < -0.39 is 0 Å². The van der Waals surface area contributed by atoms with Crippen LogP contribution in [0.3, 0.4) is 0 Å². The van der Waals surface area contributed by atoms with Gasteiger partial charge in [-0.15, -0.1) is 0 Å². The van der Waals surface area contributed by atoms with Gasteiger partial charge in [0.2, 0.25) is 0 Å². The van der Waals surface area contributed by atoms with Crippen molar-refractivity contribution in [1.29, 1.82) is 0 Å². The molecule has 4 heteroatoms. The first-order valence-electron chi connectivity index (χ1n) is 8.21. The molecule has 1 unspecified atom stereocenters. The molecule has 1 atom stereocenters. The SMILES string of the molecule is Cc1cc(C)cc(CC(C)NC(=O)N2CCC(CO)CC2)c1. The molecule has 0 radical (unpaired) electrons. The van der Waals surface area contributed by atoms with Crippen LogP contribution in [0.5, 0.6) is 0 Å². The van der Waals surface area contributed by atoms with Crippen LogP contribution in [-0.2, 0) is 6.42 Å². The monoisotopic (exact) mass is 304 g/mol. The summed E-state index contributed by atoms with van der Waals surface area (Å²) in [6.45, 7) is 7.98. The van der Waals surface area contributed by atoms with Gasteiger partial charge in [-0.3, -0.25) is 0 Å². The van der Waals surface area contributed by atoms with Crippen LogP contribution in [0.15, 0.2) is 18.2 Å². The summed E-state index contributed by atoms with van der Waals surface area (Å²) in [6.07, 6.45) is 2.64. The minimum Gasteiger partial charge on any atom is -0.396 e. The van der Waals surface area contributed by atoms with Gasteiger partial charge in [-0.25, -0.2) is 4.79 Å². The Bertz CT molecular complexity index is 488. The molecule has 0 spiro atoms. The molecule has 1 aromatic carbocycles. The number of hydrogen-bond acceptors (Lipinski definition) is 2. The van der Waals surface area contributed by atoms with E-state index in [1.54, 1.807) is 0 Å². The highest BCUT2D eigenvalue weighted by Gasteiger charge is 2.23. The zero-order chi connectivity index (χ0) is 16.1. The number of carbonyl (C=O) groups excluding carboxylic acids is 1. The summed E-state index contributed by atoms with van der Waals surface area (Å²) in [6, 6.07) is 6.67. The number of piperidine rings is 1. The highest BCUT2D eigenvalue weighted by atomic mass is 16.3. The van der Waals surface area contributed by atoms with Crippen LogP contribution in [0.4, 0.5) is 4.79 Å². The molecule has 1 fully saturated rings. The number of aryl methyl sites for hydroxylation is 2. The molecule has 1 aliphatic heterocycles. The summed E-state index contributed by atoms with van der Waals surface area (Å²) in [7, 11) is 0. The highest BCUT2D eigenvalue weighted by molar-refractivity contribution is 5.74. The number of aliphatic hydroxyl groups excluding tert-OH is 1. The lowest BCUT2D eigenvalue weighted by atomic mass is 9.98. The van der Waals surface area contributed by atoms with Gasteiger partial charge in [0, 0.05) is 25.7 Å². The summed E-state index contributed by atoms with van der Waals surface area (Å²) in [5, 5.41) is 12.2. The number of aliphatic hydroxyl groups is 1. The van der Waals surface area contributed by atoms with E-state index in [1.165, 1.54) is 16.7 Å². The molecule has 4 nitrogen and oxygen atoms in total. The summed E-state index contributed by atoms with van der Waals surface area (Å²) in [4.78, 5) is 14.1. The summed E-state index contributed by atoms with van der Waals surface area (Å²) >= 11 is 0. The van der Waals surface area contributed by atoms with Crippen LogP contribution in [-0.4, -0.2) is 41.8 Å². The molecule has 0 aliphatic carbocycles. The Hall–Kier alpha value is -1.55. The van der Waals surface area contributed by atoms with Gasteiger partial charge in [0.15, 0.2) is 0 Å². The van der Waals surface area contributed by atoms with Crippen molar-refractivity contribution in [3.05, 3.63) is 34.9 Å². The molecule has 2 amide bonds. The van der Waals surface area contributed by atoms with E-state index in [1.807, 2.05) is 4.90 Å². The van der Waals surface area contributed by atoms with Crippen molar-refractivity contribution in [3.63, 3.8) is 0 Å². The van der Waals surface area contributed by atoms with E-state index in [-0.39, 0.29) is 18.7 Å². The summed E-state index contributed by atoms with van der Waals surface area (Å²) in [5.74, 6) is 0.358. The normalized spacial score (nSPS) is 17.4. The molecular weight excluding hydrogens is 276 g/mol. The van der Waals surface area contributed by atoms with E-state index in [0.717, 1.165) is 32.4 Å². The first-order valence-corrected chi connectivity index (χ1v) is 8.21. The van der Waals surface area contributed by atoms with Crippen molar-refractivity contribution >= 4 is 6.03 Å². The first kappa shape index (κ1) is 16.8. The van der Waals surface area contributed by atoms with Gasteiger partial charge >= 0.3 is 6.03 Å². The number of nitrogens with zero attached hydrogens (tertiary/aromatic N) is 1. The summed E-state index contributed by atoms with van der Waals surface area (Å²) in [5.41, 5.74) is 3.79. The van der Waals surface area contributed by atoms with Crippen LogP contribution in [0.2, 0.25) is 0 Å². The number of nitrogens with one attached hydrogen (secondary N) is 1. The molecule has 2 rings (SSSR count). The van der Waals surface area contributed by atoms with Crippen molar-refractivity contribution < 1.29 is 9.90 Å². The molecule has 1 aromatic rings. The third kappa shape index (κ3) is 4.73. The maximum atomic E-state index is 12.3. The topological polar surface area (TPSA) is 52.6 Å². The fourth-order valence-corrected chi connectivity index (χ4v) is 3.21. The Kier molecular flexibility index (Phi) is 5.83. The van der Waals surface area contributed by atoms with Gasteiger partial charge < -0.3 is 15.3 Å². The van der Waals surface area contributed by atoms with Crippen LogP contribution in [0.25, 0.3) is 0 Å². The fourth-order valence-electron chi connectivity index (χ4n) is 3.21. The molecule has 1 heterocycles. The van der Waals surface area contributed by atoms with Gasteiger partial charge in [-0.05, 0) is 51.5 Å². The predicted octanol–water partition coefficient (Wildman–Crippen LogP) is 2.65. The lowest BCUT2D eigenvalue weighted by Gasteiger charge is -2.32. The average molecular weight is 304 g/mol. The van der Waals surface area contributed by atoms with Crippen molar-refractivity contribution in [2.24, 2.45) is 5.92 Å². The Labute approximate surface area is 133 Å². The average Bonchev–Trinajstić information content (AvgIpc) is 2.46. The minimum atomic E-state index is 0.0215. The van der Waals surface area contributed by atoms with Crippen LogP contribution in [0.1, 0.15) is 36.5 Å². The van der Waals surface area contributed by atoms with Gasteiger partial charge in [0.25, 0.3) is 0 Å². The molecule has 122 valence electrons. The Morgan fingerprint density at radius 2 is 1.86 bits per heavy atom. The van der Waals surface area contributed by atoms with Gasteiger partial charge in [0.1, 0.15) is 0 Å². The molecule has 1 saturated heterocycles. The lowest BCUT2D eigenvalue weighted by molar-refractivity contribution is 0.136. The molecule has 0 aromatic heterocycles. The highest BCUT2D eigenvalue weighted by Crippen LogP contribution is 2.16. The number of carbonyl (C=O) groups is 1. The first-order chi connectivity index (χ1) is 10.5. The zero-order valence-electron chi connectivity index (χ0n) is 13.9. The zero-order valence-corrected chi connectivity index (χ0v) is 13.9. The molecular formula is C18H28N2O2. The molecule has 1 aliphatic rings. The second kappa shape index (κ2) is 7.63. The number of likely N-dealkylation sites (tertiary alicyclic amines) is 1. The van der Waals surface area contributed by atoms with Crippen LogP contribution in [0, 0.1) is 19.8 Å². The van der Waals surface area contributed by atoms with E-state index in [4.69, 9.17) is 5.11 Å². The molecule has 0 bridgehead atoms. The van der Waals surface area contributed by atoms with Crippen molar-refractivity contribution in [2.75, 3.05) is 19.7 Å². The van der Waals surface area contributed by atoms with Crippen LogP contribution >= 0.6 is 0 Å². The van der Waals surface area contributed by atoms with E-state index >= 15 is 0 Å². The van der Waals surface area contributed by atoms with E-state index in [9.17, 15) is 4.79 Å². The fraction of sp³-hybridized carbons (Fsp3) is 0.611. The maximum Gasteiger partial charge on any atom is 0.317 e. The minimum absolute atomic E-state index is 0.0215. The number of amides is 2. The van der Waals surface area contributed by atoms with Gasteiger partial charge in [-0.1, -0.05) is 29.3 Å². The largest absolute Gasteiger partial charge is 0.396 e. The van der Waals surface area contributed by atoms with Crippen molar-refractivity contribution in [2.45, 2.75) is 46.1 Å². The molecule has 2 N–H and O–H groups in total. The maximum absolute atomic E-state index is 12.3. The Morgan fingerprint density at radius 1 is 1.27 bits per heavy atom. The number of urea groups is 1. The second-order valence-electron chi connectivity index (χ2n) is 6.66. The number of hydrogen-bond donors (Lipinski definition) is 2. The third-order valence-electron chi connectivity index (χ3n) is 4.35. The number of benzene rings is 1. The van der Waals surface area contributed by atoms with E-state index in [0.29, 0.717) is 5.92 Å². The van der Waals surface area contributed by atoms with Crippen molar-refractivity contribution in [3.8, 4) is 0 Å². The van der Waals surface area contributed by atoms with Crippen LogP contribution < -0.4 is 5.32 Å². The van der Waals surface area contributed by atoms with E-state index in [2.05, 4.69) is 44.3 Å². The Balaban J connectivity index is 1.83. The van der Waals surface area contributed by atoms with Gasteiger partial charge in [0.05, 0.1) is 0 Å². The third-order valence-corrected chi connectivity index (χ3v) is 4.35. The Morgan fingerprint density at radius 3 is 2.41 bits per heavy atom. The van der Waals surface area contributed by atoms with Crippen molar-refractivity contribution in [1.82, 2.24) is 10.2 Å². The summed E-state index contributed by atoms with van der Waals surface area (Å²) < 4.78 is 0. The quantitative estimate of drug-likeness (QED) is 0.898. The van der Waals surface area contributed by atoms with Gasteiger partial charge in [-0.2, -0.15) is 0 Å². The molecule has 22 heavy (non-hydrogen) atoms. The molecule has 0 saturated carbocycles.